The van der Waals surface area contributed by atoms with E-state index in [4.69, 9.17) is 16.3 Å². The highest BCUT2D eigenvalue weighted by Crippen LogP contribution is 2.27. The van der Waals surface area contributed by atoms with Crippen molar-refractivity contribution in [2.24, 2.45) is 0 Å². The third-order valence-electron chi connectivity index (χ3n) is 3.12. The van der Waals surface area contributed by atoms with Crippen LogP contribution in [0.25, 0.3) is 11.1 Å². The Balaban J connectivity index is 1.96. The van der Waals surface area contributed by atoms with Gasteiger partial charge in [0.2, 0.25) is 5.13 Å². The lowest BCUT2D eigenvalue weighted by Gasteiger charge is -2.10. The summed E-state index contributed by atoms with van der Waals surface area (Å²) in [7, 11) is 1.49. The SMILES string of the molecule is COc1nnc(NC(=O)c2cnc(C)cc2-c2ccnc(Cl)c2)s1. The maximum Gasteiger partial charge on any atom is 0.295 e. The highest BCUT2D eigenvalue weighted by molar-refractivity contribution is 7.17. The van der Waals surface area contributed by atoms with Gasteiger partial charge in [0, 0.05) is 18.1 Å². The summed E-state index contributed by atoms with van der Waals surface area (Å²) < 4.78 is 4.96. The van der Waals surface area contributed by atoms with Gasteiger partial charge in [0.1, 0.15) is 5.15 Å². The van der Waals surface area contributed by atoms with Crippen molar-refractivity contribution in [2.75, 3.05) is 12.4 Å². The number of aryl methyl sites for hydroxylation is 1. The van der Waals surface area contributed by atoms with E-state index in [1.54, 1.807) is 18.3 Å². The molecule has 3 aromatic rings. The first-order valence-electron chi connectivity index (χ1n) is 6.84. The zero-order valence-electron chi connectivity index (χ0n) is 12.8. The van der Waals surface area contributed by atoms with Gasteiger partial charge in [0.05, 0.1) is 12.7 Å². The lowest BCUT2D eigenvalue weighted by Crippen LogP contribution is -2.13. The van der Waals surface area contributed by atoms with Gasteiger partial charge < -0.3 is 4.74 Å². The van der Waals surface area contributed by atoms with E-state index < -0.39 is 0 Å². The van der Waals surface area contributed by atoms with Gasteiger partial charge in [-0.25, -0.2) is 4.98 Å². The van der Waals surface area contributed by atoms with E-state index in [-0.39, 0.29) is 5.91 Å². The van der Waals surface area contributed by atoms with Gasteiger partial charge in [0.15, 0.2) is 0 Å². The minimum Gasteiger partial charge on any atom is -0.472 e. The molecule has 24 heavy (non-hydrogen) atoms. The lowest BCUT2D eigenvalue weighted by atomic mass is 10.0. The number of aromatic nitrogens is 4. The Morgan fingerprint density at radius 3 is 2.83 bits per heavy atom. The number of methoxy groups -OCH3 is 1. The molecule has 0 spiro atoms. The second kappa shape index (κ2) is 6.90. The fraction of sp³-hybridized carbons (Fsp3) is 0.133. The fourth-order valence-electron chi connectivity index (χ4n) is 2.06. The molecule has 3 rings (SSSR count). The number of pyridine rings is 2. The summed E-state index contributed by atoms with van der Waals surface area (Å²) in [6.45, 7) is 1.85. The summed E-state index contributed by atoms with van der Waals surface area (Å²) in [4.78, 5) is 20.8. The van der Waals surface area contributed by atoms with Gasteiger partial charge in [-0.3, -0.25) is 15.1 Å². The number of nitrogens with zero attached hydrogens (tertiary/aromatic N) is 4. The van der Waals surface area contributed by atoms with Crippen molar-refractivity contribution in [1.82, 2.24) is 20.2 Å². The number of carbonyl (C=O) groups excluding carboxylic acids is 1. The smallest absolute Gasteiger partial charge is 0.295 e. The van der Waals surface area contributed by atoms with E-state index in [0.29, 0.717) is 26.6 Å². The van der Waals surface area contributed by atoms with Crippen LogP contribution in [-0.4, -0.2) is 33.2 Å². The number of rotatable bonds is 4. The van der Waals surface area contributed by atoms with E-state index in [1.807, 2.05) is 13.0 Å². The Morgan fingerprint density at radius 2 is 2.12 bits per heavy atom. The highest BCUT2D eigenvalue weighted by Gasteiger charge is 2.16. The first kappa shape index (κ1) is 16.3. The van der Waals surface area contributed by atoms with Gasteiger partial charge >= 0.3 is 0 Å². The Morgan fingerprint density at radius 1 is 1.29 bits per heavy atom. The topological polar surface area (TPSA) is 89.9 Å². The van der Waals surface area contributed by atoms with Gasteiger partial charge in [-0.15, -0.1) is 5.10 Å². The molecule has 9 heteroatoms. The number of hydrogen-bond acceptors (Lipinski definition) is 7. The molecule has 0 atom stereocenters. The minimum atomic E-state index is -0.343. The fourth-order valence-corrected chi connectivity index (χ4v) is 2.79. The van der Waals surface area contributed by atoms with Gasteiger partial charge in [0.25, 0.3) is 11.1 Å². The van der Waals surface area contributed by atoms with E-state index >= 15 is 0 Å². The van der Waals surface area contributed by atoms with Crippen LogP contribution in [0.2, 0.25) is 5.15 Å². The van der Waals surface area contributed by atoms with E-state index in [9.17, 15) is 4.79 Å². The molecule has 0 radical (unpaired) electrons. The number of anilines is 1. The van der Waals surface area contributed by atoms with Gasteiger partial charge in [-0.05, 0) is 47.6 Å². The molecule has 0 aliphatic carbocycles. The van der Waals surface area contributed by atoms with Gasteiger partial charge in [-0.2, -0.15) is 0 Å². The van der Waals surface area contributed by atoms with E-state index in [0.717, 1.165) is 22.6 Å². The first-order valence-corrected chi connectivity index (χ1v) is 8.03. The third kappa shape index (κ3) is 3.50. The predicted octanol–water partition coefficient (Wildman–Crippen LogP) is 3.22. The molecule has 0 unspecified atom stereocenters. The molecule has 0 saturated carbocycles. The quantitative estimate of drug-likeness (QED) is 0.717. The zero-order valence-corrected chi connectivity index (χ0v) is 14.4. The summed E-state index contributed by atoms with van der Waals surface area (Å²) in [5.74, 6) is -0.343. The predicted molar refractivity (Wildman–Crippen MR) is 91.6 cm³/mol. The summed E-state index contributed by atoms with van der Waals surface area (Å²) in [6, 6.07) is 5.30. The number of hydrogen-bond donors (Lipinski definition) is 1. The van der Waals surface area contributed by atoms with Gasteiger partial charge in [-0.1, -0.05) is 16.7 Å². The van der Waals surface area contributed by atoms with E-state index in [1.165, 1.54) is 13.3 Å². The standard InChI is InChI=1S/C15H12ClN5O2S/c1-8-5-10(9-3-4-17-12(16)6-9)11(7-18-8)13(22)19-14-20-21-15(23-2)24-14/h3-7H,1-2H3,(H,19,20,22). The van der Waals surface area contributed by atoms with Crippen LogP contribution in [0.3, 0.4) is 0 Å². The second-order valence-electron chi connectivity index (χ2n) is 4.77. The van der Waals surface area contributed by atoms with Crippen molar-refractivity contribution in [1.29, 1.82) is 0 Å². The molecule has 3 heterocycles. The molecule has 0 aromatic carbocycles. The highest BCUT2D eigenvalue weighted by atomic mass is 35.5. The third-order valence-corrected chi connectivity index (χ3v) is 4.13. The molecule has 0 bridgehead atoms. The number of ether oxygens (including phenoxy) is 1. The lowest BCUT2D eigenvalue weighted by molar-refractivity contribution is 0.102. The Kier molecular flexibility index (Phi) is 4.68. The van der Waals surface area contributed by atoms with Crippen molar-refractivity contribution in [3.8, 4) is 16.3 Å². The van der Waals surface area contributed by atoms with Crippen molar-refractivity contribution < 1.29 is 9.53 Å². The Labute approximate surface area is 146 Å². The molecule has 0 fully saturated rings. The number of amides is 1. The minimum absolute atomic E-state index is 0.343. The summed E-state index contributed by atoms with van der Waals surface area (Å²) in [5, 5.41) is 11.4. The maximum absolute atomic E-state index is 12.6. The molecule has 0 saturated heterocycles. The Hall–Kier alpha value is -2.58. The van der Waals surface area contributed by atoms with Crippen LogP contribution in [0.1, 0.15) is 16.1 Å². The first-order chi connectivity index (χ1) is 11.6. The van der Waals surface area contributed by atoms with Crippen molar-refractivity contribution in [2.45, 2.75) is 6.92 Å². The largest absolute Gasteiger partial charge is 0.472 e. The normalized spacial score (nSPS) is 10.5. The monoisotopic (exact) mass is 361 g/mol. The molecule has 7 nitrogen and oxygen atoms in total. The maximum atomic E-state index is 12.6. The summed E-state index contributed by atoms with van der Waals surface area (Å²) >= 11 is 7.09. The molecule has 0 aliphatic rings. The summed E-state index contributed by atoms with van der Waals surface area (Å²) in [5.41, 5.74) is 2.67. The number of carbonyl (C=O) groups is 1. The van der Waals surface area contributed by atoms with Crippen LogP contribution < -0.4 is 10.1 Å². The van der Waals surface area contributed by atoms with E-state index in [2.05, 4.69) is 25.5 Å². The molecule has 1 amide bonds. The molecule has 3 aromatic heterocycles. The zero-order chi connectivity index (χ0) is 17.1. The molecular formula is C15H12ClN5O2S. The van der Waals surface area contributed by atoms with Crippen LogP contribution in [0.5, 0.6) is 5.19 Å². The van der Waals surface area contributed by atoms with Crippen LogP contribution in [-0.2, 0) is 0 Å². The number of nitrogens with one attached hydrogen (secondary N) is 1. The molecule has 122 valence electrons. The van der Waals surface area contributed by atoms with Crippen molar-refractivity contribution in [3.63, 3.8) is 0 Å². The van der Waals surface area contributed by atoms with Crippen LogP contribution in [0.4, 0.5) is 5.13 Å². The van der Waals surface area contributed by atoms with Crippen LogP contribution in [0, 0.1) is 6.92 Å². The van der Waals surface area contributed by atoms with Crippen LogP contribution >= 0.6 is 22.9 Å². The average Bonchev–Trinajstić information content (AvgIpc) is 3.02. The van der Waals surface area contributed by atoms with Crippen molar-refractivity contribution in [3.05, 3.63) is 47.0 Å². The number of halogens is 1. The Bertz CT molecular complexity index is 899. The molecular weight excluding hydrogens is 350 g/mol. The second-order valence-corrected chi connectivity index (χ2v) is 6.10. The molecule has 0 aliphatic heterocycles. The van der Waals surface area contributed by atoms with Crippen molar-refractivity contribution >= 4 is 34.0 Å². The summed E-state index contributed by atoms with van der Waals surface area (Å²) in [6.07, 6.45) is 3.11. The molecule has 1 N–H and O–H groups in total. The van der Waals surface area contributed by atoms with Crippen LogP contribution in [0.15, 0.2) is 30.6 Å². The average molecular weight is 362 g/mol.